The van der Waals surface area contributed by atoms with Gasteiger partial charge in [-0.3, -0.25) is 0 Å². The predicted molar refractivity (Wildman–Crippen MR) is 64.3 cm³/mol. The van der Waals surface area contributed by atoms with Crippen LogP contribution in [-0.4, -0.2) is 26.4 Å². The lowest BCUT2D eigenvalue weighted by molar-refractivity contribution is 0.110. The molecule has 0 saturated carbocycles. The molecule has 0 aromatic heterocycles. The van der Waals surface area contributed by atoms with Crippen LogP contribution in [0.15, 0.2) is 18.2 Å². The number of nitrogens with two attached hydrogens (primary N) is 1. The van der Waals surface area contributed by atoms with Gasteiger partial charge in [0.05, 0.1) is 18.7 Å². The molecule has 0 aliphatic rings. The van der Waals surface area contributed by atoms with E-state index in [4.69, 9.17) is 15.2 Å². The zero-order chi connectivity index (χ0) is 12.5. The molecule has 0 fully saturated rings. The zero-order valence-electron chi connectivity index (χ0n) is 9.83. The number of ether oxygens (including phenoxy) is 2. The monoisotopic (exact) mass is 237 g/mol. The summed E-state index contributed by atoms with van der Waals surface area (Å²) in [7, 11) is 0. The highest BCUT2D eigenvalue weighted by atomic mass is 19.1. The largest absolute Gasteiger partial charge is 0.491 e. The molecule has 0 aliphatic carbocycles. The van der Waals surface area contributed by atoms with Gasteiger partial charge in [0.15, 0.2) is 0 Å². The Morgan fingerprint density at radius 3 is 2.82 bits per heavy atom. The summed E-state index contributed by atoms with van der Waals surface area (Å²) in [5.74, 6) is 5.32. The van der Waals surface area contributed by atoms with Gasteiger partial charge in [0.25, 0.3) is 0 Å². The van der Waals surface area contributed by atoms with Gasteiger partial charge in [-0.25, -0.2) is 4.39 Å². The van der Waals surface area contributed by atoms with E-state index in [9.17, 15) is 4.39 Å². The van der Waals surface area contributed by atoms with E-state index in [-0.39, 0.29) is 6.54 Å². The van der Waals surface area contributed by atoms with Gasteiger partial charge >= 0.3 is 0 Å². The summed E-state index contributed by atoms with van der Waals surface area (Å²) < 4.78 is 23.9. The summed E-state index contributed by atoms with van der Waals surface area (Å²) in [6, 6.07) is 4.57. The molecule has 0 bridgehead atoms. The maximum atomic E-state index is 13.5. The van der Waals surface area contributed by atoms with Crippen molar-refractivity contribution in [2.24, 2.45) is 5.73 Å². The first-order valence-corrected chi connectivity index (χ1v) is 5.47. The maximum absolute atomic E-state index is 13.5. The van der Waals surface area contributed by atoms with Gasteiger partial charge in [-0.15, -0.1) is 0 Å². The topological polar surface area (TPSA) is 44.5 Å². The molecule has 92 valence electrons. The fourth-order valence-corrected chi connectivity index (χ4v) is 1.20. The Balaban J connectivity index is 2.56. The number of hydrogen-bond acceptors (Lipinski definition) is 3. The van der Waals surface area contributed by atoms with Crippen molar-refractivity contribution in [3.05, 3.63) is 29.6 Å². The van der Waals surface area contributed by atoms with Crippen molar-refractivity contribution in [2.75, 3.05) is 26.4 Å². The zero-order valence-corrected chi connectivity index (χ0v) is 9.83. The van der Waals surface area contributed by atoms with E-state index >= 15 is 0 Å². The van der Waals surface area contributed by atoms with Gasteiger partial charge in [0.2, 0.25) is 0 Å². The molecule has 1 rings (SSSR count). The minimum Gasteiger partial charge on any atom is -0.491 e. The van der Waals surface area contributed by atoms with Crippen molar-refractivity contribution in [1.29, 1.82) is 0 Å². The van der Waals surface area contributed by atoms with Gasteiger partial charge in [-0.1, -0.05) is 11.8 Å². The van der Waals surface area contributed by atoms with Gasteiger partial charge < -0.3 is 15.2 Å². The molecule has 0 heterocycles. The number of hydrogen-bond donors (Lipinski definition) is 1. The van der Waals surface area contributed by atoms with Gasteiger partial charge in [-0.2, -0.15) is 0 Å². The van der Waals surface area contributed by atoms with Crippen LogP contribution in [0.2, 0.25) is 0 Å². The minimum absolute atomic E-state index is 0.214. The summed E-state index contributed by atoms with van der Waals surface area (Å²) in [5.41, 5.74) is 5.54. The number of rotatable bonds is 5. The van der Waals surface area contributed by atoms with E-state index in [1.54, 1.807) is 12.1 Å². The average Bonchev–Trinajstić information content (AvgIpc) is 2.34. The van der Waals surface area contributed by atoms with Crippen LogP contribution in [0.25, 0.3) is 0 Å². The van der Waals surface area contributed by atoms with Crippen LogP contribution in [0.1, 0.15) is 12.5 Å². The van der Waals surface area contributed by atoms with Crippen LogP contribution in [0.3, 0.4) is 0 Å². The van der Waals surface area contributed by atoms with E-state index in [0.717, 1.165) is 0 Å². The molecule has 0 atom stereocenters. The van der Waals surface area contributed by atoms with E-state index in [2.05, 4.69) is 11.8 Å². The van der Waals surface area contributed by atoms with Crippen molar-refractivity contribution < 1.29 is 13.9 Å². The van der Waals surface area contributed by atoms with Crippen molar-refractivity contribution in [3.63, 3.8) is 0 Å². The minimum atomic E-state index is -0.403. The molecule has 0 radical (unpaired) electrons. The first-order chi connectivity index (χ1) is 8.27. The van der Waals surface area contributed by atoms with Crippen LogP contribution in [0.4, 0.5) is 4.39 Å². The lowest BCUT2D eigenvalue weighted by Gasteiger charge is -2.06. The molecule has 4 heteroatoms. The third-order valence-electron chi connectivity index (χ3n) is 1.97. The molecule has 0 unspecified atom stereocenters. The highest BCUT2D eigenvalue weighted by Crippen LogP contribution is 2.15. The second-order valence-corrected chi connectivity index (χ2v) is 3.19. The maximum Gasteiger partial charge on any atom is 0.142 e. The van der Waals surface area contributed by atoms with Crippen molar-refractivity contribution in [3.8, 4) is 17.6 Å². The Hall–Kier alpha value is -1.57. The molecule has 3 nitrogen and oxygen atoms in total. The Bertz CT molecular complexity index is 410. The summed E-state index contributed by atoms with van der Waals surface area (Å²) in [5, 5.41) is 0. The van der Waals surface area contributed by atoms with Gasteiger partial charge in [0, 0.05) is 12.7 Å². The lowest BCUT2D eigenvalue weighted by Crippen LogP contribution is -2.06. The molecule has 17 heavy (non-hydrogen) atoms. The third-order valence-corrected chi connectivity index (χ3v) is 1.97. The van der Waals surface area contributed by atoms with Gasteiger partial charge in [-0.05, 0) is 19.1 Å². The highest BCUT2D eigenvalue weighted by Gasteiger charge is 2.01. The fraction of sp³-hybridized carbons (Fsp3) is 0.385. The molecule has 0 aliphatic heterocycles. The molecular weight excluding hydrogens is 221 g/mol. The summed E-state index contributed by atoms with van der Waals surface area (Å²) in [4.78, 5) is 0. The van der Waals surface area contributed by atoms with Crippen molar-refractivity contribution >= 4 is 0 Å². The van der Waals surface area contributed by atoms with Crippen molar-refractivity contribution in [2.45, 2.75) is 6.92 Å². The molecule has 0 amide bonds. The van der Waals surface area contributed by atoms with E-state index in [0.29, 0.717) is 31.1 Å². The molecule has 0 saturated heterocycles. The van der Waals surface area contributed by atoms with Crippen LogP contribution < -0.4 is 10.5 Å². The first kappa shape index (κ1) is 13.5. The smallest absolute Gasteiger partial charge is 0.142 e. The van der Waals surface area contributed by atoms with Crippen LogP contribution in [-0.2, 0) is 4.74 Å². The predicted octanol–water partition coefficient (Wildman–Crippen LogP) is 1.55. The summed E-state index contributed by atoms with van der Waals surface area (Å²) in [6.45, 7) is 3.66. The number of halogens is 1. The molecule has 0 spiro atoms. The van der Waals surface area contributed by atoms with Crippen molar-refractivity contribution in [1.82, 2.24) is 0 Å². The van der Waals surface area contributed by atoms with Gasteiger partial charge in [0.1, 0.15) is 18.2 Å². The molecule has 1 aromatic carbocycles. The normalized spacial score (nSPS) is 9.59. The SMILES string of the molecule is CCOCCOc1ccc(C#CCN)c(F)c1. The molecule has 2 N–H and O–H groups in total. The van der Waals surface area contributed by atoms with E-state index in [1.165, 1.54) is 6.07 Å². The highest BCUT2D eigenvalue weighted by molar-refractivity contribution is 5.39. The molecule has 1 aromatic rings. The fourth-order valence-electron chi connectivity index (χ4n) is 1.20. The number of benzene rings is 1. The van der Waals surface area contributed by atoms with E-state index in [1.807, 2.05) is 6.92 Å². The molecular formula is C13H16FNO2. The van der Waals surface area contributed by atoms with Crippen LogP contribution in [0, 0.1) is 17.7 Å². The second kappa shape index (κ2) is 7.66. The average molecular weight is 237 g/mol. The standard InChI is InChI=1S/C13H16FNO2/c1-2-16-8-9-17-12-6-5-11(4-3-7-15)13(14)10-12/h5-6,10H,2,7-9,15H2,1H3. The van der Waals surface area contributed by atoms with E-state index < -0.39 is 5.82 Å². The second-order valence-electron chi connectivity index (χ2n) is 3.19. The Labute approximate surface area is 101 Å². The Morgan fingerprint density at radius 1 is 1.35 bits per heavy atom. The lowest BCUT2D eigenvalue weighted by atomic mass is 10.2. The summed E-state index contributed by atoms with van der Waals surface area (Å²) >= 11 is 0. The van der Waals surface area contributed by atoms with Crippen LogP contribution >= 0.6 is 0 Å². The van der Waals surface area contributed by atoms with Crippen LogP contribution in [0.5, 0.6) is 5.75 Å². The quantitative estimate of drug-likeness (QED) is 0.624. The first-order valence-electron chi connectivity index (χ1n) is 5.47. The Kier molecular flexibility index (Phi) is 6.08. The summed E-state index contributed by atoms with van der Waals surface area (Å²) in [6.07, 6.45) is 0. The third kappa shape index (κ3) is 4.85. The Morgan fingerprint density at radius 2 is 2.18 bits per heavy atom.